The normalized spacial score (nSPS) is 11.7. The second-order valence-corrected chi connectivity index (χ2v) is 26.8. The van der Waals surface area contributed by atoms with Gasteiger partial charge in [-0.15, -0.1) is 0 Å². The maximum Gasteiger partial charge on any atom is -0.00139 e. The van der Waals surface area contributed by atoms with Gasteiger partial charge in [0, 0.05) is 0 Å². The van der Waals surface area contributed by atoms with E-state index in [0.717, 1.165) is 25.7 Å². The molecule has 0 aliphatic heterocycles. The predicted molar refractivity (Wildman–Crippen MR) is 403 cm³/mol. The zero-order valence-corrected chi connectivity index (χ0v) is 55.9. The maximum atomic E-state index is 2.50. The van der Waals surface area contributed by atoms with Crippen molar-refractivity contribution in [1.29, 1.82) is 0 Å². The van der Waals surface area contributed by atoms with E-state index in [9.17, 15) is 0 Å². The fourth-order valence-corrected chi connectivity index (χ4v) is 14.5. The monoisotopic (exact) mass is 1200 g/mol. The second kappa shape index (κ2) is 31.8. The molecule has 0 saturated heterocycles. The summed E-state index contributed by atoms with van der Waals surface area (Å²) in [5.74, 6) is 0. The zero-order valence-electron chi connectivity index (χ0n) is 55.9. The molecule has 0 atom stereocenters. The van der Waals surface area contributed by atoms with Crippen LogP contribution in [0.1, 0.15) is 178 Å². The molecule has 0 saturated carbocycles. The van der Waals surface area contributed by atoms with E-state index in [2.05, 4.69) is 258 Å². The quantitative estimate of drug-likeness (QED) is 0.0291. The molecule has 12 aromatic carbocycles. The Kier molecular flexibility index (Phi) is 22.1. The van der Waals surface area contributed by atoms with Gasteiger partial charge in [-0.3, -0.25) is 0 Å². The van der Waals surface area contributed by atoms with Crippen LogP contribution in [-0.2, 0) is 25.7 Å². The van der Waals surface area contributed by atoms with E-state index in [-0.39, 0.29) is 0 Å². The molecular weight excluding hydrogens is 1110 g/mol. The van der Waals surface area contributed by atoms with E-state index in [0.29, 0.717) is 0 Å². The van der Waals surface area contributed by atoms with Gasteiger partial charge in [0.2, 0.25) is 0 Å². The molecule has 0 N–H and O–H groups in total. The lowest BCUT2D eigenvalue weighted by Crippen LogP contribution is -1.94. The molecule has 0 heterocycles. The minimum Gasteiger partial charge on any atom is -0.0654 e. The van der Waals surface area contributed by atoms with Crippen LogP contribution in [0.5, 0.6) is 0 Å². The van der Waals surface area contributed by atoms with Gasteiger partial charge in [0.05, 0.1) is 0 Å². The Labute approximate surface area is 552 Å². The van der Waals surface area contributed by atoms with Crippen LogP contribution in [0.15, 0.2) is 231 Å². The predicted octanol–water partition coefficient (Wildman–Crippen LogP) is 28.0. The van der Waals surface area contributed by atoms with Crippen LogP contribution in [0.4, 0.5) is 0 Å². The number of aryl methyl sites for hydroxylation is 4. The lowest BCUT2D eigenvalue weighted by Gasteiger charge is -2.22. The first-order valence-electron chi connectivity index (χ1n) is 36.0. The van der Waals surface area contributed by atoms with E-state index in [4.69, 9.17) is 0 Å². The molecular formula is C92H98. The van der Waals surface area contributed by atoms with Gasteiger partial charge in [0.25, 0.3) is 0 Å². The maximum absolute atomic E-state index is 2.50. The average Bonchev–Trinajstić information content (AvgIpc) is 0.710. The molecule has 0 unspecified atom stereocenters. The van der Waals surface area contributed by atoms with Crippen LogP contribution in [0.25, 0.3) is 121 Å². The van der Waals surface area contributed by atoms with Gasteiger partial charge in [0.15, 0.2) is 0 Å². The van der Waals surface area contributed by atoms with Gasteiger partial charge in [0.1, 0.15) is 0 Å². The molecule has 12 rings (SSSR count). The van der Waals surface area contributed by atoms with Crippen molar-refractivity contribution in [2.24, 2.45) is 0 Å². The van der Waals surface area contributed by atoms with Crippen molar-refractivity contribution in [2.75, 3.05) is 0 Å². The first-order chi connectivity index (χ1) is 45.5. The highest BCUT2D eigenvalue weighted by Crippen LogP contribution is 2.49. The first-order valence-corrected chi connectivity index (χ1v) is 36.0. The highest BCUT2D eigenvalue weighted by atomic mass is 14.3. The van der Waals surface area contributed by atoms with Crippen molar-refractivity contribution in [3.63, 3.8) is 0 Å². The molecule has 0 bridgehead atoms. The summed E-state index contributed by atoms with van der Waals surface area (Å²) in [6, 6.07) is 89.9. The summed E-state index contributed by atoms with van der Waals surface area (Å²) >= 11 is 0. The number of unbranched alkanes of at least 4 members (excludes halogenated alkanes) is 16. The van der Waals surface area contributed by atoms with Crippen molar-refractivity contribution in [1.82, 2.24) is 0 Å². The molecule has 0 radical (unpaired) electrons. The van der Waals surface area contributed by atoms with Gasteiger partial charge in [-0.1, -0.05) is 349 Å². The first kappa shape index (κ1) is 63.8. The Hall–Kier alpha value is -8.32. The van der Waals surface area contributed by atoms with Gasteiger partial charge in [-0.2, -0.15) is 0 Å². The lowest BCUT2D eigenvalue weighted by molar-refractivity contribution is 0.632. The molecule has 0 aromatic heterocycles. The average molecular weight is 1200 g/mol. The topological polar surface area (TPSA) is 0 Å². The van der Waals surface area contributed by atoms with Gasteiger partial charge < -0.3 is 0 Å². The van der Waals surface area contributed by atoms with Crippen molar-refractivity contribution < 1.29 is 0 Å². The zero-order chi connectivity index (χ0) is 62.9. The fourth-order valence-electron chi connectivity index (χ4n) is 14.5. The van der Waals surface area contributed by atoms with Gasteiger partial charge in [-0.05, 0) is 207 Å². The third-order valence-electron chi connectivity index (χ3n) is 20.1. The molecule has 0 aliphatic carbocycles. The Morgan fingerprint density at radius 3 is 0.511 bits per heavy atom. The van der Waals surface area contributed by atoms with Crippen LogP contribution < -0.4 is 0 Å². The molecule has 0 fully saturated rings. The second-order valence-electron chi connectivity index (χ2n) is 26.8. The van der Waals surface area contributed by atoms with Gasteiger partial charge >= 0.3 is 0 Å². The minimum absolute atomic E-state index is 1.15. The van der Waals surface area contributed by atoms with Crippen LogP contribution in [0.3, 0.4) is 0 Å². The molecule has 12 aromatic rings. The van der Waals surface area contributed by atoms with Crippen LogP contribution in [0, 0.1) is 0 Å². The summed E-state index contributed by atoms with van der Waals surface area (Å²) in [5.41, 5.74) is 25.7. The summed E-state index contributed by atoms with van der Waals surface area (Å²) in [6.07, 6.45) is 30.8. The van der Waals surface area contributed by atoms with Crippen molar-refractivity contribution >= 4 is 32.3 Å². The summed E-state index contributed by atoms with van der Waals surface area (Å²) in [6.45, 7) is 9.17. The minimum atomic E-state index is 1.15. The Morgan fingerprint density at radius 2 is 0.326 bits per heavy atom. The highest BCUT2D eigenvalue weighted by Gasteiger charge is 2.22. The number of rotatable bonds is 32. The Morgan fingerprint density at radius 1 is 0.163 bits per heavy atom. The van der Waals surface area contributed by atoms with E-state index < -0.39 is 0 Å². The van der Waals surface area contributed by atoms with Crippen molar-refractivity contribution in [3.05, 3.63) is 253 Å². The van der Waals surface area contributed by atoms with E-state index in [1.54, 1.807) is 0 Å². The number of benzene rings is 12. The molecule has 0 aliphatic rings. The summed E-state index contributed by atoms with van der Waals surface area (Å²) < 4.78 is 0. The molecule has 466 valence electrons. The fraction of sp³-hybridized carbons (Fsp3) is 0.304. The third kappa shape index (κ3) is 15.4. The molecule has 0 heteroatoms. The smallest absolute Gasteiger partial charge is 0.00139 e. The summed E-state index contributed by atoms with van der Waals surface area (Å²) in [5, 5.41) is 7.77. The SMILES string of the molecule is CCCCCCCc1ccc(-c2ccc(-c3cc(-c4ccc(-c5ccc(CCCCCCC)cc5)cc4)c4ccc5c(-c6ccc(-c7ccc(CCCCCCC)cc7)cc6)cc(-c6ccc(-c7ccc(CCCCCCC)cc7)cc6)c6ccc3c4c65)cc2)cc1. The largest absolute Gasteiger partial charge is 0.0654 e. The number of hydrogen-bond donors (Lipinski definition) is 0. The third-order valence-corrected chi connectivity index (χ3v) is 20.1. The van der Waals surface area contributed by atoms with Gasteiger partial charge in [-0.25, -0.2) is 0 Å². The van der Waals surface area contributed by atoms with Crippen molar-refractivity contribution in [3.8, 4) is 89.0 Å². The van der Waals surface area contributed by atoms with Crippen molar-refractivity contribution in [2.45, 2.75) is 182 Å². The standard InChI is InChI=1S/C92H98/c1-5-9-13-17-21-25-67-29-37-71(38-30-67)75-45-53-79(54-46-75)87-65-88(80-55-47-76(48-56-80)72-39-31-68(32-40-72)26-22-18-14-10-6-2)84-63-64-86-90(82-59-51-78(52-60-82)74-43-35-70(36-44-74)28-24-20-16-12-8-4)66-89(85-62-61-83(87)91(84)92(85)86)81-57-49-77(50-58-81)73-41-33-69(34-42-73)27-23-19-15-11-7-3/h29-66H,5-28H2,1-4H3. The summed E-state index contributed by atoms with van der Waals surface area (Å²) in [7, 11) is 0. The van der Waals surface area contributed by atoms with Crippen LogP contribution in [-0.4, -0.2) is 0 Å². The Balaban J connectivity index is 0.953. The van der Waals surface area contributed by atoms with E-state index >= 15 is 0 Å². The lowest BCUT2D eigenvalue weighted by atomic mass is 9.81. The molecule has 0 nitrogen and oxygen atoms in total. The van der Waals surface area contributed by atoms with Crippen LogP contribution >= 0.6 is 0 Å². The molecule has 0 spiro atoms. The highest BCUT2D eigenvalue weighted by molar-refractivity contribution is 6.32. The van der Waals surface area contributed by atoms with E-state index in [1.807, 2.05) is 0 Å². The van der Waals surface area contributed by atoms with E-state index in [1.165, 1.54) is 272 Å². The summed E-state index contributed by atoms with van der Waals surface area (Å²) in [4.78, 5) is 0. The number of hydrogen-bond acceptors (Lipinski definition) is 0. The molecule has 92 heavy (non-hydrogen) atoms. The van der Waals surface area contributed by atoms with Crippen LogP contribution in [0.2, 0.25) is 0 Å². The molecule has 0 amide bonds. The Bertz CT molecular complexity index is 3670.